The quantitative estimate of drug-likeness (QED) is 0.736. The molecule has 0 saturated carbocycles. The second-order valence-corrected chi connectivity index (χ2v) is 4.09. The summed E-state index contributed by atoms with van der Waals surface area (Å²) in [7, 11) is 2.02. The summed E-state index contributed by atoms with van der Waals surface area (Å²) in [6, 6.07) is 6.80. The minimum absolute atomic E-state index is 0.629. The van der Waals surface area contributed by atoms with Gasteiger partial charge in [-0.3, -0.25) is 0 Å². The van der Waals surface area contributed by atoms with Crippen LogP contribution in [0, 0.1) is 6.92 Å². The van der Waals surface area contributed by atoms with Crippen LogP contribution in [-0.4, -0.2) is 20.1 Å². The largest absolute Gasteiger partial charge is 0.319 e. The Hall–Kier alpha value is -0.860. The average molecular weight is 190 g/mol. The number of aryl methyl sites for hydroxylation is 1. The Labute approximate surface area is 85.7 Å². The molecule has 0 aliphatic carbocycles. The Morgan fingerprint density at radius 2 is 2.36 bits per heavy atom. The van der Waals surface area contributed by atoms with Gasteiger partial charge in [0.1, 0.15) is 0 Å². The maximum atomic E-state index is 3.46. The molecule has 0 saturated heterocycles. The van der Waals surface area contributed by atoms with Crippen molar-refractivity contribution in [3.05, 3.63) is 34.9 Å². The van der Waals surface area contributed by atoms with Crippen LogP contribution < -0.4 is 10.6 Å². The zero-order chi connectivity index (χ0) is 9.97. The van der Waals surface area contributed by atoms with Crippen molar-refractivity contribution in [2.75, 3.05) is 20.1 Å². The standard InChI is InChI=1S/C12H18N2/c1-9-3-4-12-10(5-9)7-14-8-11(12)6-13-2/h3-5,11,13-14H,6-8H2,1-2H3. The molecule has 1 unspecified atom stereocenters. The van der Waals surface area contributed by atoms with Gasteiger partial charge in [0.2, 0.25) is 0 Å². The molecule has 0 aromatic heterocycles. The second kappa shape index (κ2) is 4.11. The van der Waals surface area contributed by atoms with Crippen molar-refractivity contribution >= 4 is 0 Å². The van der Waals surface area contributed by atoms with Gasteiger partial charge in [-0.05, 0) is 25.1 Å². The Bertz CT molecular complexity index is 320. The van der Waals surface area contributed by atoms with Crippen LogP contribution in [-0.2, 0) is 6.54 Å². The summed E-state index contributed by atoms with van der Waals surface area (Å²) in [4.78, 5) is 0. The Kier molecular flexibility index (Phi) is 2.85. The van der Waals surface area contributed by atoms with E-state index in [-0.39, 0.29) is 0 Å². The third kappa shape index (κ3) is 1.81. The molecule has 0 radical (unpaired) electrons. The molecule has 1 heterocycles. The summed E-state index contributed by atoms with van der Waals surface area (Å²) >= 11 is 0. The highest BCUT2D eigenvalue weighted by molar-refractivity contribution is 5.36. The third-order valence-corrected chi connectivity index (χ3v) is 2.90. The third-order valence-electron chi connectivity index (χ3n) is 2.90. The van der Waals surface area contributed by atoms with Crippen LogP contribution in [0.3, 0.4) is 0 Å². The van der Waals surface area contributed by atoms with Gasteiger partial charge >= 0.3 is 0 Å². The monoisotopic (exact) mass is 190 g/mol. The van der Waals surface area contributed by atoms with Gasteiger partial charge in [0, 0.05) is 25.6 Å². The van der Waals surface area contributed by atoms with Gasteiger partial charge in [-0.25, -0.2) is 0 Å². The molecule has 1 atom stereocenters. The molecular formula is C12H18N2. The number of benzene rings is 1. The highest BCUT2D eigenvalue weighted by Gasteiger charge is 2.18. The highest BCUT2D eigenvalue weighted by Crippen LogP contribution is 2.24. The Morgan fingerprint density at radius 3 is 3.14 bits per heavy atom. The van der Waals surface area contributed by atoms with Crippen molar-refractivity contribution in [2.24, 2.45) is 0 Å². The molecule has 2 N–H and O–H groups in total. The number of hydrogen-bond acceptors (Lipinski definition) is 2. The molecule has 2 rings (SSSR count). The Balaban J connectivity index is 2.30. The highest BCUT2D eigenvalue weighted by atomic mass is 14.9. The lowest BCUT2D eigenvalue weighted by molar-refractivity contribution is 0.521. The lowest BCUT2D eigenvalue weighted by atomic mass is 9.90. The maximum absolute atomic E-state index is 3.46. The fourth-order valence-electron chi connectivity index (χ4n) is 2.21. The normalized spacial score (nSPS) is 20.6. The van der Waals surface area contributed by atoms with Crippen LogP contribution >= 0.6 is 0 Å². The van der Waals surface area contributed by atoms with E-state index in [9.17, 15) is 0 Å². The van der Waals surface area contributed by atoms with Gasteiger partial charge in [0.25, 0.3) is 0 Å². The van der Waals surface area contributed by atoms with Crippen molar-refractivity contribution in [3.8, 4) is 0 Å². The summed E-state index contributed by atoms with van der Waals surface area (Å²) in [5.74, 6) is 0.629. The summed E-state index contributed by atoms with van der Waals surface area (Å²) in [6.07, 6.45) is 0. The Morgan fingerprint density at radius 1 is 1.50 bits per heavy atom. The second-order valence-electron chi connectivity index (χ2n) is 4.09. The van der Waals surface area contributed by atoms with E-state index in [4.69, 9.17) is 0 Å². The maximum Gasteiger partial charge on any atom is 0.0208 e. The van der Waals surface area contributed by atoms with Crippen LogP contribution in [0.15, 0.2) is 18.2 Å². The summed E-state index contributed by atoms with van der Waals surface area (Å²) in [5, 5.41) is 6.72. The van der Waals surface area contributed by atoms with Gasteiger partial charge in [-0.15, -0.1) is 0 Å². The van der Waals surface area contributed by atoms with Crippen molar-refractivity contribution in [1.82, 2.24) is 10.6 Å². The fourth-order valence-corrected chi connectivity index (χ4v) is 2.21. The number of nitrogens with one attached hydrogen (secondary N) is 2. The van der Waals surface area contributed by atoms with Gasteiger partial charge in [0.05, 0.1) is 0 Å². The van der Waals surface area contributed by atoms with E-state index in [0.29, 0.717) is 5.92 Å². The molecule has 1 aromatic carbocycles. The topological polar surface area (TPSA) is 24.1 Å². The molecule has 2 heteroatoms. The zero-order valence-corrected chi connectivity index (χ0v) is 8.93. The minimum atomic E-state index is 0.629. The number of fused-ring (bicyclic) bond motifs is 1. The van der Waals surface area contributed by atoms with E-state index in [1.165, 1.54) is 16.7 Å². The van der Waals surface area contributed by atoms with Crippen LogP contribution in [0.1, 0.15) is 22.6 Å². The molecule has 1 aliphatic rings. The molecule has 1 aliphatic heterocycles. The number of hydrogen-bond donors (Lipinski definition) is 2. The summed E-state index contributed by atoms with van der Waals surface area (Å²) in [6.45, 7) is 5.33. The molecule has 76 valence electrons. The molecule has 2 nitrogen and oxygen atoms in total. The van der Waals surface area contributed by atoms with Crippen LogP contribution in [0.25, 0.3) is 0 Å². The summed E-state index contributed by atoms with van der Waals surface area (Å²) in [5.41, 5.74) is 4.34. The first kappa shape index (κ1) is 9.69. The molecule has 14 heavy (non-hydrogen) atoms. The average Bonchev–Trinajstić information content (AvgIpc) is 2.18. The van der Waals surface area contributed by atoms with Crippen LogP contribution in [0.5, 0.6) is 0 Å². The van der Waals surface area contributed by atoms with E-state index < -0.39 is 0 Å². The van der Waals surface area contributed by atoms with E-state index >= 15 is 0 Å². The van der Waals surface area contributed by atoms with E-state index in [2.05, 4.69) is 35.8 Å². The SMILES string of the molecule is CNCC1CNCc2cc(C)ccc21. The molecule has 0 amide bonds. The molecule has 0 fully saturated rings. The van der Waals surface area contributed by atoms with Crippen molar-refractivity contribution < 1.29 is 0 Å². The van der Waals surface area contributed by atoms with Crippen molar-refractivity contribution in [3.63, 3.8) is 0 Å². The first-order chi connectivity index (χ1) is 6.81. The zero-order valence-electron chi connectivity index (χ0n) is 8.93. The summed E-state index contributed by atoms with van der Waals surface area (Å²) < 4.78 is 0. The lowest BCUT2D eigenvalue weighted by Gasteiger charge is -2.26. The smallest absolute Gasteiger partial charge is 0.0208 e. The van der Waals surface area contributed by atoms with E-state index in [0.717, 1.165) is 19.6 Å². The van der Waals surface area contributed by atoms with Crippen LogP contribution in [0.4, 0.5) is 0 Å². The van der Waals surface area contributed by atoms with Crippen molar-refractivity contribution in [2.45, 2.75) is 19.4 Å². The lowest BCUT2D eigenvalue weighted by Crippen LogP contribution is -2.33. The van der Waals surface area contributed by atoms with Crippen LogP contribution in [0.2, 0.25) is 0 Å². The van der Waals surface area contributed by atoms with E-state index in [1.807, 2.05) is 7.05 Å². The predicted molar refractivity (Wildman–Crippen MR) is 59.6 cm³/mol. The minimum Gasteiger partial charge on any atom is -0.319 e. The van der Waals surface area contributed by atoms with Crippen molar-refractivity contribution in [1.29, 1.82) is 0 Å². The van der Waals surface area contributed by atoms with Gasteiger partial charge in [-0.2, -0.15) is 0 Å². The first-order valence-electron chi connectivity index (χ1n) is 5.26. The van der Waals surface area contributed by atoms with Gasteiger partial charge in [-0.1, -0.05) is 23.8 Å². The molecule has 0 spiro atoms. The fraction of sp³-hybridized carbons (Fsp3) is 0.500. The molecule has 1 aromatic rings. The first-order valence-corrected chi connectivity index (χ1v) is 5.26. The van der Waals surface area contributed by atoms with Gasteiger partial charge < -0.3 is 10.6 Å². The molecule has 0 bridgehead atoms. The number of rotatable bonds is 2. The van der Waals surface area contributed by atoms with E-state index in [1.54, 1.807) is 0 Å². The van der Waals surface area contributed by atoms with Gasteiger partial charge in [0.15, 0.2) is 0 Å². The number of likely N-dealkylation sites (N-methyl/N-ethyl adjacent to an activating group) is 1. The predicted octanol–water partition coefficient (Wildman–Crippen LogP) is 1.40. The molecular weight excluding hydrogens is 172 g/mol.